The Bertz CT molecular complexity index is 439. The Morgan fingerprint density at radius 2 is 2.10 bits per heavy atom. The van der Waals surface area contributed by atoms with Crippen LogP contribution in [0.1, 0.15) is 47.0 Å². The molecule has 2 rings (SSSR count). The summed E-state index contributed by atoms with van der Waals surface area (Å²) in [4.78, 5) is 23.3. The van der Waals surface area contributed by atoms with E-state index < -0.39 is 5.60 Å². The Hall–Kier alpha value is -0.770. The maximum Gasteiger partial charge on any atom is 0.310 e. The van der Waals surface area contributed by atoms with Gasteiger partial charge >= 0.3 is 5.97 Å². The third-order valence-electron chi connectivity index (χ3n) is 4.37. The highest BCUT2D eigenvalue weighted by Crippen LogP contribution is 2.48. The summed E-state index contributed by atoms with van der Waals surface area (Å²) in [5, 5.41) is 0.112. The van der Waals surface area contributed by atoms with Gasteiger partial charge in [0.25, 0.3) is 0 Å². The fourth-order valence-corrected chi connectivity index (χ4v) is 4.19. The molecule has 2 bridgehead atoms. The number of allylic oxidation sites excluding steroid dienone is 2. The maximum atomic E-state index is 12.4. The van der Waals surface area contributed by atoms with Crippen molar-refractivity contribution >= 4 is 22.8 Å². The van der Waals surface area contributed by atoms with Gasteiger partial charge in [-0.25, -0.2) is 0 Å². The molecule has 3 atom stereocenters. The van der Waals surface area contributed by atoms with Crippen LogP contribution in [-0.2, 0) is 14.3 Å². The Morgan fingerprint density at radius 1 is 1.40 bits per heavy atom. The lowest BCUT2D eigenvalue weighted by Crippen LogP contribution is -2.34. The van der Waals surface area contributed by atoms with Crippen LogP contribution in [0.4, 0.5) is 0 Å². The molecular weight excluding hydrogens is 272 g/mol. The van der Waals surface area contributed by atoms with Crippen LogP contribution in [0.15, 0.2) is 11.6 Å². The number of esters is 1. The van der Waals surface area contributed by atoms with Gasteiger partial charge in [-0.05, 0) is 51.9 Å². The number of thioether (sulfide) groups is 1. The standard InChI is InChI=1S/C16H24O3S/c1-10-7-12-8-13(10)14(9-12)15(18)19-16(3,4)5-6-20-11(2)17/h7,12-14H,5-6,8-9H2,1-4H3. The second-order valence-corrected chi connectivity index (χ2v) is 7.90. The Morgan fingerprint density at radius 3 is 2.65 bits per heavy atom. The van der Waals surface area contributed by atoms with E-state index in [4.69, 9.17) is 4.74 Å². The first-order valence-electron chi connectivity index (χ1n) is 7.33. The second kappa shape index (κ2) is 5.92. The van der Waals surface area contributed by atoms with Gasteiger partial charge in [-0.1, -0.05) is 23.4 Å². The average Bonchev–Trinajstić information content (AvgIpc) is 2.85. The van der Waals surface area contributed by atoms with Gasteiger partial charge in [-0.3, -0.25) is 9.59 Å². The molecule has 1 fully saturated rings. The molecule has 3 unspecified atom stereocenters. The van der Waals surface area contributed by atoms with E-state index >= 15 is 0 Å². The third kappa shape index (κ3) is 3.66. The van der Waals surface area contributed by atoms with E-state index in [-0.39, 0.29) is 17.0 Å². The van der Waals surface area contributed by atoms with Crippen LogP contribution in [0.2, 0.25) is 0 Å². The molecular formula is C16H24O3S. The van der Waals surface area contributed by atoms with E-state index in [1.165, 1.54) is 17.3 Å². The van der Waals surface area contributed by atoms with Gasteiger partial charge in [0.05, 0.1) is 5.92 Å². The van der Waals surface area contributed by atoms with Gasteiger partial charge in [-0.2, -0.15) is 0 Å². The molecule has 1 saturated carbocycles. The predicted octanol–water partition coefficient (Wildman–Crippen LogP) is 3.58. The summed E-state index contributed by atoms with van der Waals surface area (Å²) < 4.78 is 5.71. The highest BCUT2D eigenvalue weighted by molar-refractivity contribution is 8.13. The first-order chi connectivity index (χ1) is 9.28. The summed E-state index contributed by atoms with van der Waals surface area (Å²) >= 11 is 1.29. The van der Waals surface area contributed by atoms with Crippen LogP contribution in [0.5, 0.6) is 0 Å². The van der Waals surface area contributed by atoms with Crippen LogP contribution >= 0.6 is 11.8 Å². The van der Waals surface area contributed by atoms with Gasteiger partial charge in [0.1, 0.15) is 5.60 Å². The highest BCUT2D eigenvalue weighted by Gasteiger charge is 2.44. The van der Waals surface area contributed by atoms with Crippen molar-refractivity contribution in [3.63, 3.8) is 0 Å². The van der Waals surface area contributed by atoms with Crippen LogP contribution < -0.4 is 0 Å². The summed E-state index contributed by atoms with van der Waals surface area (Å²) in [5.74, 6) is 1.67. The van der Waals surface area contributed by atoms with Gasteiger partial charge in [0.2, 0.25) is 0 Å². The van der Waals surface area contributed by atoms with Crippen molar-refractivity contribution in [3.8, 4) is 0 Å². The quantitative estimate of drug-likeness (QED) is 0.574. The van der Waals surface area contributed by atoms with E-state index in [0.717, 1.165) is 12.8 Å². The average molecular weight is 296 g/mol. The number of carbonyl (C=O) groups is 2. The topological polar surface area (TPSA) is 43.4 Å². The lowest BCUT2D eigenvalue weighted by atomic mass is 9.88. The van der Waals surface area contributed by atoms with Gasteiger partial charge in [0, 0.05) is 12.7 Å². The minimum Gasteiger partial charge on any atom is -0.459 e. The second-order valence-electron chi connectivity index (χ2n) is 6.63. The number of carbonyl (C=O) groups excluding carboxylic acids is 2. The molecule has 2 aliphatic rings. The molecule has 0 saturated heterocycles. The number of fused-ring (bicyclic) bond motifs is 2. The van der Waals surface area contributed by atoms with Crippen LogP contribution in [0, 0.1) is 17.8 Å². The van der Waals surface area contributed by atoms with E-state index in [1.54, 1.807) is 6.92 Å². The molecule has 4 heteroatoms. The van der Waals surface area contributed by atoms with Crippen molar-refractivity contribution in [3.05, 3.63) is 11.6 Å². The summed E-state index contributed by atoms with van der Waals surface area (Å²) in [7, 11) is 0. The summed E-state index contributed by atoms with van der Waals surface area (Å²) in [6.45, 7) is 7.55. The third-order valence-corrected chi connectivity index (χ3v) is 5.19. The van der Waals surface area contributed by atoms with Crippen molar-refractivity contribution in [2.75, 3.05) is 5.75 Å². The number of hydrogen-bond donors (Lipinski definition) is 0. The smallest absolute Gasteiger partial charge is 0.310 e. The molecule has 0 aromatic heterocycles. The zero-order chi connectivity index (χ0) is 14.9. The molecule has 3 nitrogen and oxygen atoms in total. The number of rotatable bonds is 5. The summed E-state index contributed by atoms with van der Waals surface area (Å²) in [6, 6.07) is 0. The molecule has 0 heterocycles. The molecule has 0 aliphatic heterocycles. The molecule has 0 aromatic carbocycles. The maximum absolute atomic E-state index is 12.4. The van der Waals surface area contributed by atoms with Crippen LogP contribution in [-0.4, -0.2) is 22.4 Å². The Kier molecular flexibility index (Phi) is 4.62. The minimum atomic E-state index is -0.487. The van der Waals surface area contributed by atoms with E-state index in [9.17, 15) is 9.59 Å². The first kappa shape index (κ1) is 15.6. The first-order valence-corrected chi connectivity index (χ1v) is 8.31. The minimum absolute atomic E-state index is 0.0461. The lowest BCUT2D eigenvalue weighted by molar-refractivity contribution is -0.162. The molecule has 20 heavy (non-hydrogen) atoms. The van der Waals surface area contributed by atoms with Crippen molar-refractivity contribution in [1.82, 2.24) is 0 Å². The SMILES string of the molecule is CC(=O)SCCC(C)(C)OC(=O)C1CC2C=C(C)C1C2. The molecule has 112 valence electrons. The molecule has 0 N–H and O–H groups in total. The fraction of sp³-hybridized carbons (Fsp3) is 0.750. The summed E-state index contributed by atoms with van der Waals surface area (Å²) in [5.41, 5.74) is 0.868. The lowest BCUT2D eigenvalue weighted by Gasteiger charge is -2.29. The number of hydrogen-bond acceptors (Lipinski definition) is 4. The predicted molar refractivity (Wildman–Crippen MR) is 81.4 cm³/mol. The Labute approximate surface area is 125 Å². The van der Waals surface area contributed by atoms with Crippen LogP contribution in [0.25, 0.3) is 0 Å². The van der Waals surface area contributed by atoms with Gasteiger partial charge in [-0.15, -0.1) is 0 Å². The molecule has 0 aromatic rings. The fourth-order valence-electron chi connectivity index (χ4n) is 3.31. The van der Waals surface area contributed by atoms with E-state index in [0.29, 0.717) is 24.0 Å². The number of ether oxygens (including phenoxy) is 1. The zero-order valence-electron chi connectivity index (χ0n) is 12.8. The van der Waals surface area contributed by atoms with Gasteiger partial charge < -0.3 is 4.74 Å². The van der Waals surface area contributed by atoms with Crippen molar-refractivity contribution in [2.45, 2.75) is 52.6 Å². The van der Waals surface area contributed by atoms with E-state index in [1.807, 2.05) is 13.8 Å². The largest absolute Gasteiger partial charge is 0.459 e. The molecule has 2 aliphatic carbocycles. The summed E-state index contributed by atoms with van der Waals surface area (Å²) in [6.07, 6.45) is 5.08. The van der Waals surface area contributed by atoms with Gasteiger partial charge in [0.15, 0.2) is 5.12 Å². The van der Waals surface area contributed by atoms with Crippen molar-refractivity contribution < 1.29 is 14.3 Å². The molecule has 0 spiro atoms. The molecule has 0 amide bonds. The highest BCUT2D eigenvalue weighted by atomic mass is 32.2. The zero-order valence-corrected chi connectivity index (χ0v) is 13.6. The van der Waals surface area contributed by atoms with E-state index in [2.05, 4.69) is 13.0 Å². The van der Waals surface area contributed by atoms with Crippen LogP contribution in [0.3, 0.4) is 0 Å². The van der Waals surface area contributed by atoms with Crippen molar-refractivity contribution in [2.24, 2.45) is 17.8 Å². The monoisotopic (exact) mass is 296 g/mol. The normalized spacial score (nSPS) is 28.4. The Balaban J connectivity index is 1.85. The van der Waals surface area contributed by atoms with Crippen molar-refractivity contribution in [1.29, 1.82) is 0 Å². The molecule has 0 radical (unpaired) electrons.